The Morgan fingerprint density at radius 1 is 1.55 bits per heavy atom. The smallest absolute Gasteiger partial charge is 0.199 e. The second kappa shape index (κ2) is 2.86. The summed E-state index contributed by atoms with van der Waals surface area (Å²) < 4.78 is 5.35. The second-order valence-corrected chi connectivity index (χ2v) is 3.78. The van der Waals surface area contributed by atoms with Crippen LogP contribution in [0.3, 0.4) is 0 Å². The topological polar surface area (TPSA) is 26.0 Å². The van der Waals surface area contributed by atoms with Crippen LogP contribution < -0.4 is 0 Å². The molecule has 3 heteroatoms. The minimum Gasteiger partial charge on any atom is -0.444 e. The molecule has 11 heavy (non-hydrogen) atoms. The van der Waals surface area contributed by atoms with Crippen LogP contribution in [0.15, 0.2) is 10.6 Å². The van der Waals surface area contributed by atoms with E-state index in [1.807, 2.05) is 0 Å². The summed E-state index contributed by atoms with van der Waals surface area (Å²) in [4.78, 5) is 4.11. The van der Waals surface area contributed by atoms with Crippen molar-refractivity contribution in [1.29, 1.82) is 0 Å². The molecule has 0 saturated carbocycles. The lowest BCUT2D eigenvalue weighted by Crippen LogP contribution is -2.10. The van der Waals surface area contributed by atoms with Gasteiger partial charge in [-0.2, -0.15) is 0 Å². The number of nitrogens with zero attached hydrogens (tertiary/aromatic N) is 1. The van der Waals surface area contributed by atoms with E-state index in [0.717, 1.165) is 11.7 Å². The first-order chi connectivity index (χ1) is 5.04. The van der Waals surface area contributed by atoms with Gasteiger partial charge in [-0.25, -0.2) is 4.98 Å². The zero-order valence-corrected chi connectivity index (χ0v) is 7.77. The summed E-state index contributed by atoms with van der Waals surface area (Å²) in [7, 11) is 0. The molecule has 0 atom stereocenters. The van der Waals surface area contributed by atoms with Gasteiger partial charge in [-0.15, -0.1) is 11.6 Å². The van der Waals surface area contributed by atoms with Crippen LogP contribution in [0.25, 0.3) is 0 Å². The minimum atomic E-state index is -0.0235. The van der Waals surface area contributed by atoms with Gasteiger partial charge in [0.05, 0.1) is 12.1 Å². The third kappa shape index (κ3) is 1.96. The Morgan fingerprint density at radius 2 is 2.18 bits per heavy atom. The lowest BCUT2D eigenvalue weighted by atomic mass is 9.97. The molecule has 0 aromatic carbocycles. The Labute approximate surface area is 71.6 Å². The molecule has 2 nitrogen and oxygen atoms in total. The summed E-state index contributed by atoms with van der Waals surface area (Å²) in [6, 6.07) is 0. The molecule has 0 radical (unpaired) electrons. The summed E-state index contributed by atoms with van der Waals surface area (Å²) in [6.07, 6.45) is 1.67. The van der Waals surface area contributed by atoms with Gasteiger partial charge in [0, 0.05) is 5.41 Å². The van der Waals surface area contributed by atoms with Crippen LogP contribution in [0.4, 0.5) is 0 Å². The summed E-state index contributed by atoms with van der Waals surface area (Å²) in [6.45, 7) is 6.16. The van der Waals surface area contributed by atoms with E-state index in [4.69, 9.17) is 16.0 Å². The predicted octanol–water partition coefficient (Wildman–Crippen LogP) is 2.71. The maximum atomic E-state index is 5.56. The van der Waals surface area contributed by atoms with Crippen molar-refractivity contribution in [2.45, 2.75) is 32.1 Å². The molecule has 0 amide bonds. The minimum absolute atomic E-state index is 0.0235. The first-order valence-electron chi connectivity index (χ1n) is 3.55. The summed E-state index contributed by atoms with van der Waals surface area (Å²) in [5.74, 6) is 1.87. The fourth-order valence-corrected chi connectivity index (χ4v) is 0.840. The van der Waals surface area contributed by atoms with Crippen molar-refractivity contribution >= 4 is 11.6 Å². The summed E-state index contributed by atoms with van der Waals surface area (Å²) in [5.41, 5.74) is -0.0235. The normalized spacial score (nSPS) is 12.0. The zero-order chi connectivity index (χ0) is 8.48. The van der Waals surface area contributed by atoms with E-state index in [-0.39, 0.29) is 5.41 Å². The Bertz CT molecular complexity index is 236. The van der Waals surface area contributed by atoms with Gasteiger partial charge in [-0.3, -0.25) is 0 Å². The first kappa shape index (κ1) is 8.60. The largest absolute Gasteiger partial charge is 0.444 e. The molecular weight excluding hydrogens is 162 g/mol. The fraction of sp³-hybridized carbons (Fsp3) is 0.625. The lowest BCUT2D eigenvalue weighted by Gasteiger charge is -2.11. The maximum absolute atomic E-state index is 5.56. The molecule has 0 aliphatic rings. The van der Waals surface area contributed by atoms with Gasteiger partial charge >= 0.3 is 0 Å². The van der Waals surface area contributed by atoms with Gasteiger partial charge < -0.3 is 4.42 Å². The molecule has 62 valence electrons. The average molecular weight is 174 g/mol. The second-order valence-electron chi connectivity index (χ2n) is 3.52. The van der Waals surface area contributed by atoms with E-state index in [0.29, 0.717) is 5.88 Å². The molecule has 1 rings (SSSR count). The molecule has 0 aliphatic heterocycles. The predicted molar refractivity (Wildman–Crippen MR) is 44.8 cm³/mol. The number of halogens is 1. The molecule has 1 heterocycles. The number of aromatic nitrogens is 1. The van der Waals surface area contributed by atoms with E-state index < -0.39 is 0 Å². The first-order valence-corrected chi connectivity index (χ1v) is 4.08. The molecule has 0 saturated heterocycles. The highest BCUT2D eigenvalue weighted by molar-refractivity contribution is 6.16. The van der Waals surface area contributed by atoms with Crippen LogP contribution in [0.2, 0.25) is 0 Å². The van der Waals surface area contributed by atoms with Crippen molar-refractivity contribution in [3.63, 3.8) is 0 Å². The number of hydrogen-bond acceptors (Lipinski definition) is 2. The van der Waals surface area contributed by atoms with Crippen LogP contribution in [0, 0.1) is 0 Å². The molecule has 0 unspecified atom stereocenters. The zero-order valence-electron chi connectivity index (χ0n) is 7.02. The van der Waals surface area contributed by atoms with Gasteiger partial charge in [-0.05, 0) is 0 Å². The van der Waals surface area contributed by atoms with E-state index in [1.165, 1.54) is 0 Å². The van der Waals surface area contributed by atoms with Gasteiger partial charge in [0.15, 0.2) is 5.89 Å². The van der Waals surface area contributed by atoms with Gasteiger partial charge in [0.25, 0.3) is 0 Å². The quantitative estimate of drug-likeness (QED) is 0.611. The lowest BCUT2D eigenvalue weighted by molar-refractivity contribution is 0.378. The van der Waals surface area contributed by atoms with Crippen LogP contribution >= 0.6 is 11.6 Å². The monoisotopic (exact) mass is 173 g/mol. The van der Waals surface area contributed by atoms with E-state index in [1.54, 1.807) is 6.20 Å². The SMILES string of the molecule is CC(C)(C)c1ncc(CCl)o1. The highest BCUT2D eigenvalue weighted by Crippen LogP contribution is 2.21. The Kier molecular flexibility index (Phi) is 2.23. The Hall–Kier alpha value is -0.500. The molecule has 1 aromatic rings. The molecule has 1 aromatic heterocycles. The number of hydrogen-bond donors (Lipinski definition) is 0. The maximum Gasteiger partial charge on any atom is 0.199 e. The molecule has 0 fully saturated rings. The van der Waals surface area contributed by atoms with Gasteiger partial charge in [0.2, 0.25) is 0 Å². The van der Waals surface area contributed by atoms with Crippen LogP contribution in [0.1, 0.15) is 32.4 Å². The van der Waals surface area contributed by atoms with Crippen LogP contribution in [0.5, 0.6) is 0 Å². The van der Waals surface area contributed by atoms with E-state index >= 15 is 0 Å². The van der Waals surface area contributed by atoms with Gasteiger partial charge in [0.1, 0.15) is 5.76 Å². The molecule has 0 spiro atoms. The molecule has 0 aliphatic carbocycles. The van der Waals surface area contributed by atoms with Crippen LogP contribution in [-0.4, -0.2) is 4.98 Å². The summed E-state index contributed by atoms with van der Waals surface area (Å²) in [5, 5.41) is 0. The van der Waals surface area contributed by atoms with Crippen molar-refractivity contribution in [1.82, 2.24) is 4.98 Å². The number of oxazole rings is 1. The third-order valence-electron chi connectivity index (χ3n) is 1.33. The van der Waals surface area contributed by atoms with Crippen molar-refractivity contribution in [2.24, 2.45) is 0 Å². The standard InChI is InChI=1S/C8H12ClNO/c1-8(2,3)7-10-5-6(4-9)11-7/h5H,4H2,1-3H3. The summed E-state index contributed by atoms with van der Waals surface area (Å²) >= 11 is 5.56. The van der Waals surface area contributed by atoms with Crippen molar-refractivity contribution in [3.8, 4) is 0 Å². The fourth-order valence-electron chi connectivity index (χ4n) is 0.716. The van der Waals surface area contributed by atoms with Crippen molar-refractivity contribution in [2.75, 3.05) is 0 Å². The Balaban J connectivity index is 2.89. The van der Waals surface area contributed by atoms with E-state index in [2.05, 4.69) is 25.8 Å². The van der Waals surface area contributed by atoms with Gasteiger partial charge in [-0.1, -0.05) is 20.8 Å². The third-order valence-corrected chi connectivity index (χ3v) is 1.59. The number of rotatable bonds is 1. The Morgan fingerprint density at radius 3 is 2.45 bits per heavy atom. The molecule has 0 bridgehead atoms. The van der Waals surface area contributed by atoms with Crippen molar-refractivity contribution in [3.05, 3.63) is 17.8 Å². The number of alkyl halides is 1. The highest BCUT2D eigenvalue weighted by atomic mass is 35.5. The molecular formula is C8H12ClNO. The average Bonchev–Trinajstić information content (AvgIpc) is 2.32. The van der Waals surface area contributed by atoms with Crippen molar-refractivity contribution < 1.29 is 4.42 Å². The van der Waals surface area contributed by atoms with Crippen LogP contribution in [-0.2, 0) is 11.3 Å². The molecule has 0 N–H and O–H groups in total. The highest BCUT2D eigenvalue weighted by Gasteiger charge is 2.19. The van der Waals surface area contributed by atoms with E-state index in [9.17, 15) is 0 Å².